The second kappa shape index (κ2) is 5.50. The van der Waals surface area contributed by atoms with Gasteiger partial charge in [0, 0.05) is 27.3 Å². The molecule has 1 rings (SSSR count). The zero-order valence-electron chi connectivity index (χ0n) is 8.28. The number of rotatable bonds is 5. The summed E-state index contributed by atoms with van der Waals surface area (Å²) in [6, 6.07) is 0. The van der Waals surface area contributed by atoms with E-state index in [1.807, 2.05) is 11.9 Å². The van der Waals surface area contributed by atoms with Gasteiger partial charge in [0.1, 0.15) is 0 Å². The zero-order valence-corrected chi connectivity index (χ0v) is 9.10. The van der Waals surface area contributed by atoms with Gasteiger partial charge in [-0.2, -0.15) is 0 Å². The Hall–Kier alpha value is -0.220. The molecular weight excluding hydrogens is 186 g/mol. The Morgan fingerprint density at radius 2 is 2.46 bits per heavy atom. The number of amides is 1. The third kappa shape index (κ3) is 3.19. The molecule has 0 aliphatic carbocycles. The Bertz CT molecular complexity index is 175. The van der Waals surface area contributed by atoms with E-state index < -0.39 is 0 Å². The Kier molecular flexibility index (Phi) is 4.59. The van der Waals surface area contributed by atoms with Gasteiger partial charge >= 0.3 is 0 Å². The number of carbonyl (C=O) groups excluding carboxylic acids is 1. The van der Waals surface area contributed by atoms with Crippen LogP contribution in [0.4, 0.5) is 0 Å². The maximum absolute atomic E-state index is 11.4. The molecule has 1 atom stereocenters. The number of thioether (sulfide) groups is 1. The molecule has 0 N–H and O–H groups in total. The van der Waals surface area contributed by atoms with Crippen molar-refractivity contribution in [1.29, 1.82) is 0 Å². The van der Waals surface area contributed by atoms with Crippen LogP contribution in [0.15, 0.2) is 0 Å². The molecule has 4 heteroatoms. The van der Waals surface area contributed by atoms with Crippen molar-refractivity contribution in [2.45, 2.75) is 18.1 Å². The Labute approximate surface area is 83.8 Å². The summed E-state index contributed by atoms with van der Waals surface area (Å²) in [7, 11) is 3.58. The van der Waals surface area contributed by atoms with Crippen molar-refractivity contribution in [2.24, 2.45) is 0 Å². The van der Waals surface area contributed by atoms with Crippen molar-refractivity contribution in [2.75, 3.05) is 33.1 Å². The Morgan fingerprint density at radius 3 is 3.00 bits per heavy atom. The monoisotopic (exact) mass is 203 g/mol. The van der Waals surface area contributed by atoms with Gasteiger partial charge in [-0.1, -0.05) is 0 Å². The standard InChI is InChI=1S/C9H17NO2S/c1-10-5-4-8(9(10)11)13-7-3-6-12-2/h8H,3-7H2,1-2H3. The smallest absolute Gasteiger partial charge is 0.235 e. The third-order valence-corrected chi connectivity index (χ3v) is 3.55. The molecule has 1 aliphatic heterocycles. The fourth-order valence-corrected chi connectivity index (χ4v) is 2.54. The molecule has 13 heavy (non-hydrogen) atoms. The van der Waals surface area contributed by atoms with Crippen LogP contribution >= 0.6 is 11.8 Å². The van der Waals surface area contributed by atoms with E-state index in [1.165, 1.54) is 0 Å². The second-order valence-electron chi connectivity index (χ2n) is 3.25. The summed E-state index contributed by atoms with van der Waals surface area (Å²) in [6.45, 7) is 1.71. The maximum atomic E-state index is 11.4. The molecule has 0 bridgehead atoms. The van der Waals surface area contributed by atoms with Gasteiger partial charge in [0.2, 0.25) is 5.91 Å². The summed E-state index contributed by atoms with van der Waals surface area (Å²) in [5.41, 5.74) is 0. The number of likely N-dealkylation sites (tertiary alicyclic amines) is 1. The van der Waals surface area contributed by atoms with Crippen LogP contribution in [0.25, 0.3) is 0 Å². The summed E-state index contributed by atoms with van der Waals surface area (Å²) >= 11 is 1.76. The number of methoxy groups -OCH3 is 1. The molecule has 0 spiro atoms. The molecular formula is C9H17NO2S. The van der Waals surface area contributed by atoms with E-state index in [4.69, 9.17) is 4.74 Å². The summed E-state index contributed by atoms with van der Waals surface area (Å²) in [4.78, 5) is 13.3. The quantitative estimate of drug-likeness (QED) is 0.624. The molecule has 0 aromatic carbocycles. The van der Waals surface area contributed by atoms with Crippen LogP contribution in [-0.2, 0) is 9.53 Å². The summed E-state index contributed by atoms with van der Waals surface area (Å²) in [5.74, 6) is 1.32. The van der Waals surface area contributed by atoms with Crippen LogP contribution in [0.3, 0.4) is 0 Å². The molecule has 1 aliphatic rings. The van der Waals surface area contributed by atoms with Crippen molar-refractivity contribution in [3.8, 4) is 0 Å². The first-order valence-electron chi connectivity index (χ1n) is 4.61. The average molecular weight is 203 g/mol. The molecule has 1 unspecified atom stereocenters. The molecule has 0 aromatic rings. The van der Waals surface area contributed by atoms with Gasteiger partial charge in [0.25, 0.3) is 0 Å². The Morgan fingerprint density at radius 1 is 1.69 bits per heavy atom. The van der Waals surface area contributed by atoms with Crippen molar-refractivity contribution in [3.63, 3.8) is 0 Å². The van der Waals surface area contributed by atoms with Crippen LogP contribution < -0.4 is 0 Å². The fourth-order valence-electron chi connectivity index (χ4n) is 1.37. The first kappa shape index (κ1) is 10.9. The second-order valence-corrected chi connectivity index (χ2v) is 4.56. The maximum Gasteiger partial charge on any atom is 0.235 e. The van der Waals surface area contributed by atoms with Crippen LogP contribution in [0, 0.1) is 0 Å². The highest BCUT2D eigenvalue weighted by Crippen LogP contribution is 2.23. The predicted molar refractivity (Wildman–Crippen MR) is 55.0 cm³/mol. The zero-order chi connectivity index (χ0) is 9.68. The first-order chi connectivity index (χ1) is 6.25. The molecule has 0 radical (unpaired) electrons. The third-order valence-electron chi connectivity index (χ3n) is 2.19. The van der Waals surface area contributed by atoms with E-state index in [2.05, 4.69) is 0 Å². The van der Waals surface area contributed by atoms with Gasteiger partial charge in [0.05, 0.1) is 5.25 Å². The molecule has 1 saturated heterocycles. The number of ether oxygens (including phenoxy) is 1. The van der Waals surface area contributed by atoms with Gasteiger partial charge in [-0.15, -0.1) is 11.8 Å². The number of nitrogens with zero attached hydrogens (tertiary/aromatic N) is 1. The number of hydrogen-bond acceptors (Lipinski definition) is 3. The van der Waals surface area contributed by atoms with Gasteiger partial charge in [-0.05, 0) is 18.6 Å². The SMILES string of the molecule is COCCCSC1CCN(C)C1=O. The first-order valence-corrected chi connectivity index (χ1v) is 5.66. The summed E-state index contributed by atoms with van der Waals surface area (Å²) < 4.78 is 4.95. The van der Waals surface area contributed by atoms with Crippen LogP contribution in [0.5, 0.6) is 0 Å². The molecule has 1 fully saturated rings. The lowest BCUT2D eigenvalue weighted by molar-refractivity contribution is -0.126. The van der Waals surface area contributed by atoms with Crippen molar-refractivity contribution in [1.82, 2.24) is 4.90 Å². The number of carbonyl (C=O) groups is 1. The average Bonchev–Trinajstić information content (AvgIpc) is 2.43. The fraction of sp³-hybridized carbons (Fsp3) is 0.889. The van der Waals surface area contributed by atoms with Crippen molar-refractivity contribution >= 4 is 17.7 Å². The van der Waals surface area contributed by atoms with E-state index in [0.29, 0.717) is 5.91 Å². The van der Waals surface area contributed by atoms with Crippen LogP contribution in [-0.4, -0.2) is 49.1 Å². The molecule has 1 amide bonds. The van der Waals surface area contributed by atoms with Gasteiger partial charge in [0.15, 0.2) is 0 Å². The summed E-state index contributed by atoms with van der Waals surface area (Å²) in [6.07, 6.45) is 2.04. The molecule has 0 aromatic heterocycles. The van der Waals surface area contributed by atoms with E-state index in [-0.39, 0.29) is 5.25 Å². The van der Waals surface area contributed by atoms with E-state index in [9.17, 15) is 4.79 Å². The van der Waals surface area contributed by atoms with Gasteiger partial charge in [-0.25, -0.2) is 0 Å². The number of hydrogen-bond donors (Lipinski definition) is 0. The highest BCUT2D eigenvalue weighted by Gasteiger charge is 2.28. The minimum absolute atomic E-state index is 0.210. The highest BCUT2D eigenvalue weighted by molar-refractivity contribution is 8.00. The lowest BCUT2D eigenvalue weighted by Crippen LogP contribution is -2.24. The van der Waals surface area contributed by atoms with Crippen molar-refractivity contribution in [3.05, 3.63) is 0 Å². The predicted octanol–water partition coefficient (Wildman–Crippen LogP) is 0.987. The van der Waals surface area contributed by atoms with Crippen LogP contribution in [0.1, 0.15) is 12.8 Å². The van der Waals surface area contributed by atoms with E-state index in [1.54, 1.807) is 18.9 Å². The summed E-state index contributed by atoms with van der Waals surface area (Å²) in [5, 5.41) is 0.210. The minimum Gasteiger partial charge on any atom is -0.385 e. The topological polar surface area (TPSA) is 29.5 Å². The van der Waals surface area contributed by atoms with E-state index >= 15 is 0 Å². The highest BCUT2D eigenvalue weighted by atomic mass is 32.2. The molecule has 76 valence electrons. The largest absolute Gasteiger partial charge is 0.385 e. The van der Waals surface area contributed by atoms with Crippen LogP contribution in [0.2, 0.25) is 0 Å². The minimum atomic E-state index is 0.210. The Balaban J connectivity index is 2.12. The van der Waals surface area contributed by atoms with Gasteiger partial charge in [-0.3, -0.25) is 4.79 Å². The normalized spacial score (nSPS) is 22.8. The molecule has 0 saturated carbocycles. The molecule has 3 nitrogen and oxygen atoms in total. The van der Waals surface area contributed by atoms with Crippen molar-refractivity contribution < 1.29 is 9.53 Å². The lowest BCUT2D eigenvalue weighted by Gasteiger charge is -2.09. The molecule has 1 heterocycles. The lowest BCUT2D eigenvalue weighted by atomic mass is 10.4. The van der Waals surface area contributed by atoms with Gasteiger partial charge < -0.3 is 9.64 Å². The van der Waals surface area contributed by atoms with E-state index in [0.717, 1.165) is 31.7 Å².